The van der Waals surface area contributed by atoms with Gasteiger partial charge in [-0.2, -0.15) is 0 Å². The lowest BCUT2D eigenvalue weighted by atomic mass is 9.78. The van der Waals surface area contributed by atoms with Crippen molar-refractivity contribution in [1.82, 2.24) is 4.90 Å². The van der Waals surface area contributed by atoms with Crippen LogP contribution in [0.1, 0.15) is 18.4 Å². The molecule has 1 aromatic rings. The van der Waals surface area contributed by atoms with Crippen molar-refractivity contribution in [2.45, 2.75) is 19.3 Å². The van der Waals surface area contributed by atoms with Gasteiger partial charge in [-0.1, -0.05) is 12.1 Å². The molecule has 3 atom stereocenters. The molecule has 3 aliphatic heterocycles. The first kappa shape index (κ1) is 17.6. The Kier molecular flexibility index (Phi) is 4.51. The van der Waals surface area contributed by atoms with Gasteiger partial charge >= 0.3 is 0 Å². The van der Waals surface area contributed by atoms with Crippen molar-refractivity contribution in [3.05, 3.63) is 47.4 Å². The van der Waals surface area contributed by atoms with Gasteiger partial charge in [0.05, 0.1) is 0 Å². The van der Waals surface area contributed by atoms with E-state index in [1.807, 2.05) is 24.3 Å². The maximum absolute atomic E-state index is 13.2. The topological polar surface area (TPSA) is 57.2 Å². The Morgan fingerprint density at radius 3 is 2.79 bits per heavy atom. The van der Waals surface area contributed by atoms with Crippen molar-refractivity contribution in [2.75, 3.05) is 33.7 Å². The van der Waals surface area contributed by atoms with Crippen molar-refractivity contribution in [1.29, 1.82) is 0 Å². The molecule has 0 bridgehead atoms. The monoisotopic (exact) mass is 383 g/mol. The van der Waals surface area contributed by atoms with E-state index in [-0.39, 0.29) is 18.6 Å². The summed E-state index contributed by atoms with van der Waals surface area (Å²) >= 11 is 0. The van der Waals surface area contributed by atoms with Gasteiger partial charge < -0.3 is 23.8 Å². The number of ketones is 1. The van der Waals surface area contributed by atoms with Gasteiger partial charge in [-0.15, -0.1) is 0 Å². The second-order valence-corrected chi connectivity index (χ2v) is 8.16. The Hall–Kier alpha value is -2.47. The highest BCUT2D eigenvalue weighted by atomic mass is 16.7. The minimum Gasteiger partial charge on any atom is -0.458 e. The third kappa shape index (κ3) is 3.37. The first-order chi connectivity index (χ1) is 13.7. The van der Waals surface area contributed by atoms with Gasteiger partial charge in [-0.05, 0) is 49.6 Å². The van der Waals surface area contributed by atoms with E-state index in [1.165, 1.54) is 0 Å². The molecule has 1 fully saturated rings. The van der Waals surface area contributed by atoms with E-state index in [0.717, 1.165) is 60.9 Å². The van der Waals surface area contributed by atoms with E-state index >= 15 is 0 Å². The van der Waals surface area contributed by atoms with Gasteiger partial charge in [0.25, 0.3) is 0 Å². The van der Waals surface area contributed by atoms with Crippen LogP contribution in [0, 0.1) is 17.8 Å². The molecule has 0 saturated carbocycles. The lowest BCUT2D eigenvalue weighted by Crippen LogP contribution is -2.46. The fourth-order valence-electron chi connectivity index (χ4n) is 4.72. The third-order valence-corrected chi connectivity index (χ3v) is 6.06. The van der Waals surface area contributed by atoms with E-state index in [0.29, 0.717) is 18.5 Å². The molecule has 148 valence electrons. The number of ether oxygens (including phenoxy) is 4. The normalized spacial score (nSPS) is 28.9. The van der Waals surface area contributed by atoms with Crippen LogP contribution in [-0.2, 0) is 20.7 Å². The molecule has 5 rings (SSSR count). The molecule has 0 N–H and O–H groups in total. The highest BCUT2D eigenvalue weighted by Crippen LogP contribution is 2.36. The Morgan fingerprint density at radius 2 is 1.86 bits per heavy atom. The lowest BCUT2D eigenvalue weighted by molar-refractivity contribution is -0.131. The van der Waals surface area contributed by atoms with Crippen LogP contribution in [0.5, 0.6) is 11.5 Å². The molecule has 4 aliphatic rings. The summed E-state index contributed by atoms with van der Waals surface area (Å²) in [6.07, 6.45) is 6.59. The zero-order chi connectivity index (χ0) is 19.1. The van der Waals surface area contributed by atoms with Crippen LogP contribution in [0.25, 0.3) is 0 Å². The summed E-state index contributed by atoms with van der Waals surface area (Å²) in [7, 11) is 2.11. The highest BCUT2D eigenvalue weighted by Gasteiger charge is 2.36. The molecule has 3 unspecified atom stereocenters. The molecule has 6 nitrogen and oxygen atoms in total. The highest BCUT2D eigenvalue weighted by molar-refractivity contribution is 5.85. The molecule has 0 aromatic heterocycles. The molecule has 0 radical (unpaired) electrons. The van der Waals surface area contributed by atoms with E-state index in [2.05, 4.69) is 18.0 Å². The van der Waals surface area contributed by atoms with Crippen molar-refractivity contribution in [2.24, 2.45) is 17.8 Å². The average Bonchev–Trinajstić information content (AvgIpc) is 3.33. The second-order valence-electron chi connectivity index (χ2n) is 8.16. The smallest absolute Gasteiger partial charge is 0.231 e. The van der Waals surface area contributed by atoms with Crippen LogP contribution in [-0.4, -0.2) is 44.4 Å². The zero-order valence-corrected chi connectivity index (χ0v) is 16.1. The zero-order valence-electron chi connectivity index (χ0n) is 16.1. The summed E-state index contributed by atoms with van der Waals surface area (Å²) in [6, 6.07) is 5.99. The quantitative estimate of drug-likeness (QED) is 0.797. The molecular weight excluding hydrogens is 358 g/mol. The first-order valence-electron chi connectivity index (χ1n) is 9.93. The number of hydrogen-bond donors (Lipinski definition) is 0. The summed E-state index contributed by atoms with van der Waals surface area (Å²) in [5.41, 5.74) is 1.13. The minimum atomic E-state index is 0.0116. The number of rotatable bonds is 4. The van der Waals surface area contributed by atoms with E-state index in [9.17, 15) is 4.79 Å². The summed E-state index contributed by atoms with van der Waals surface area (Å²) < 4.78 is 21.8. The molecule has 6 heteroatoms. The summed E-state index contributed by atoms with van der Waals surface area (Å²) in [4.78, 5) is 15.5. The van der Waals surface area contributed by atoms with E-state index in [1.54, 1.807) is 0 Å². The standard InChI is InChI=1S/C22H25NO5/c1-23-10-16(6-14-2-4-18-20(8-14)27-12-25-18)22(24)17(11-23)7-15-3-5-19-21(9-15)28-13-26-19/h2-5,8,15-17H,6-7,9-13H2,1H3. The van der Waals surface area contributed by atoms with Gasteiger partial charge in [0.2, 0.25) is 13.6 Å². The SMILES string of the molecule is CN1CC(Cc2ccc3c(c2)OCO3)C(=O)C(CC2C=CC3=C(C2)OCO3)C1. The molecule has 28 heavy (non-hydrogen) atoms. The minimum absolute atomic E-state index is 0.0116. The molecule has 3 heterocycles. The molecular formula is C22H25NO5. The molecule has 1 aromatic carbocycles. The Morgan fingerprint density at radius 1 is 1.04 bits per heavy atom. The van der Waals surface area contributed by atoms with Crippen molar-refractivity contribution in [3.63, 3.8) is 0 Å². The van der Waals surface area contributed by atoms with Crippen LogP contribution in [0.3, 0.4) is 0 Å². The van der Waals surface area contributed by atoms with Crippen molar-refractivity contribution in [3.8, 4) is 11.5 Å². The number of carbonyl (C=O) groups is 1. The maximum atomic E-state index is 13.2. The van der Waals surface area contributed by atoms with Gasteiger partial charge in [0.1, 0.15) is 11.5 Å². The number of Topliss-reactive ketones (excluding diaryl/α,β-unsaturated/α-hetero) is 1. The predicted molar refractivity (Wildman–Crippen MR) is 102 cm³/mol. The fraction of sp³-hybridized carbons (Fsp3) is 0.500. The molecule has 1 saturated heterocycles. The molecule has 0 amide bonds. The number of nitrogens with zero attached hydrogens (tertiary/aromatic N) is 1. The maximum Gasteiger partial charge on any atom is 0.231 e. The number of piperidine rings is 1. The van der Waals surface area contributed by atoms with Gasteiger partial charge in [0.15, 0.2) is 17.3 Å². The number of benzene rings is 1. The predicted octanol–water partition coefficient (Wildman–Crippen LogP) is 2.89. The lowest BCUT2D eigenvalue weighted by Gasteiger charge is -2.36. The number of fused-ring (bicyclic) bond motifs is 1. The van der Waals surface area contributed by atoms with Crippen LogP contribution < -0.4 is 9.47 Å². The van der Waals surface area contributed by atoms with Crippen LogP contribution >= 0.6 is 0 Å². The number of likely N-dealkylation sites (tertiary alicyclic amines) is 1. The average molecular weight is 383 g/mol. The van der Waals surface area contributed by atoms with Crippen LogP contribution in [0.4, 0.5) is 0 Å². The van der Waals surface area contributed by atoms with Gasteiger partial charge in [0, 0.05) is 31.3 Å². The Balaban J connectivity index is 1.25. The van der Waals surface area contributed by atoms with Crippen molar-refractivity contribution >= 4 is 5.78 Å². The van der Waals surface area contributed by atoms with Crippen LogP contribution in [0.15, 0.2) is 41.9 Å². The second kappa shape index (κ2) is 7.17. The van der Waals surface area contributed by atoms with Crippen molar-refractivity contribution < 1.29 is 23.7 Å². The number of allylic oxidation sites excluding steroid dienone is 3. The fourth-order valence-corrected chi connectivity index (χ4v) is 4.72. The largest absolute Gasteiger partial charge is 0.458 e. The summed E-state index contributed by atoms with van der Waals surface area (Å²) in [5.74, 6) is 4.12. The van der Waals surface area contributed by atoms with E-state index in [4.69, 9.17) is 18.9 Å². The third-order valence-electron chi connectivity index (χ3n) is 6.06. The Labute approximate surface area is 164 Å². The van der Waals surface area contributed by atoms with Crippen LogP contribution in [0.2, 0.25) is 0 Å². The molecule has 1 aliphatic carbocycles. The van der Waals surface area contributed by atoms with Gasteiger partial charge in [-0.25, -0.2) is 0 Å². The van der Waals surface area contributed by atoms with Gasteiger partial charge in [-0.3, -0.25) is 4.79 Å². The summed E-state index contributed by atoms with van der Waals surface area (Å²) in [5, 5.41) is 0. The number of hydrogen-bond acceptors (Lipinski definition) is 6. The van der Waals surface area contributed by atoms with E-state index < -0.39 is 0 Å². The Bertz CT molecular complexity index is 845. The first-order valence-corrected chi connectivity index (χ1v) is 9.93. The summed E-state index contributed by atoms with van der Waals surface area (Å²) in [6.45, 7) is 2.21. The number of carbonyl (C=O) groups excluding carboxylic acids is 1. The molecule has 0 spiro atoms.